The summed E-state index contributed by atoms with van der Waals surface area (Å²) < 4.78 is 6.60. The molecule has 0 saturated carbocycles. The van der Waals surface area contributed by atoms with Gasteiger partial charge in [-0.05, 0) is 35.7 Å². The molecule has 23 heavy (non-hydrogen) atoms. The number of nitrogens with one attached hydrogen (secondary N) is 1. The van der Waals surface area contributed by atoms with Crippen LogP contribution in [0.25, 0.3) is 0 Å². The number of amides is 2. The molecule has 2 amide bonds. The predicted molar refractivity (Wildman–Crippen MR) is 93.6 cm³/mol. The van der Waals surface area contributed by atoms with Crippen molar-refractivity contribution in [2.75, 3.05) is 19.7 Å². The number of nitrogens with zero attached hydrogens (tertiary/aromatic N) is 1. The molecule has 0 bridgehead atoms. The Bertz CT molecular complexity index is 690. The van der Waals surface area contributed by atoms with Gasteiger partial charge in [0, 0.05) is 17.6 Å². The Kier molecular flexibility index (Phi) is 5.18. The number of rotatable bonds is 4. The second-order valence-corrected chi connectivity index (χ2v) is 6.39. The van der Waals surface area contributed by atoms with Crippen molar-refractivity contribution in [2.45, 2.75) is 13.0 Å². The first-order chi connectivity index (χ1) is 11.2. The van der Waals surface area contributed by atoms with Gasteiger partial charge in [0.25, 0.3) is 0 Å². The summed E-state index contributed by atoms with van der Waals surface area (Å²) in [5.41, 5.74) is 2.58. The number of hydrogen-bond donors (Lipinski definition) is 1. The van der Waals surface area contributed by atoms with Gasteiger partial charge in [-0.3, -0.25) is 0 Å². The maximum atomic E-state index is 12.2. The lowest BCUT2D eigenvalue weighted by Gasteiger charge is -2.28. The minimum absolute atomic E-state index is 0.0302. The van der Waals surface area contributed by atoms with Crippen LogP contribution in [0.3, 0.4) is 0 Å². The molecule has 1 N–H and O–H groups in total. The molecule has 2 aromatic carbocycles. The van der Waals surface area contributed by atoms with Crippen LogP contribution in [0.4, 0.5) is 4.79 Å². The van der Waals surface area contributed by atoms with Crippen LogP contribution in [0.5, 0.6) is 5.75 Å². The zero-order valence-corrected chi connectivity index (χ0v) is 14.4. The number of urea groups is 1. The highest BCUT2D eigenvalue weighted by atomic mass is 79.9. The lowest BCUT2D eigenvalue weighted by Crippen LogP contribution is -2.43. The first kappa shape index (κ1) is 15.9. The van der Waals surface area contributed by atoms with E-state index in [4.69, 9.17) is 4.74 Å². The molecular weight excluding hydrogens is 356 g/mol. The minimum atomic E-state index is -0.0302. The van der Waals surface area contributed by atoms with Crippen molar-refractivity contribution in [3.8, 4) is 5.75 Å². The maximum absolute atomic E-state index is 12.2. The second kappa shape index (κ2) is 7.51. The van der Waals surface area contributed by atoms with Crippen LogP contribution in [0.2, 0.25) is 0 Å². The van der Waals surface area contributed by atoms with Gasteiger partial charge in [0.1, 0.15) is 12.4 Å². The minimum Gasteiger partial charge on any atom is -0.492 e. The van der Waals surface area contributed by atoms with Crippen LogP contribution in [0, 0.1) is 0 Å². The van der Waals surface area contributed by atoms with Gasteiger partial charge in [0.15, 0.2) is 0 Å². The van der Waals surface area contributed by atoms with Crippen LogP contribution in [0.1, 0.15) is 11.1 Å². The number of carbonyl (C=O) groups excluding carboxylic acids is 1. The van der Waals surface area contributed by atoms with Crippen LogP contribution < -0.4 is 10.1 Å². The number of fused-ring (bicyclic) bond motifs is 1. The van der Waals surface area contributed by atoms with Crippen molar-refractivity contribution in [1.29, 1.82) is 0 Å². The van der Waals surface area contributed by atoms with E-state index in [1.807, 2.05) is 41.3 Å². The molecule has 0 saturated heterocycles. The molecule has 0 radical (unpaired) electrons. The first-order valence-electron chi connectivity index (χ1n) is 7.70. The van der Waals surface area contributed by atoms with E-state index in [-0.39, 0.29) is 6.03 Å². The molecule has 0 fully saturated rings. The van der Waals surface area contributed by atoms with E-state index in [1.165, 1.54) is 11.1 Å². The highest BCUT2D eigenvalue weighted by Gasteiger charge is 2.19. The van der Waals surface area contributed by atoms with Gasteiger partial charge < -0.3 is 15.0 Å². The van der Waals surface area contributed by atoms with Gasteiger partial charge in [-0.15, -0.1) is 0 Å². The highest BCUT2D eigenvalue weighted by molar-refractivity contribution is 9.10. The van der Waals surface area contributed by atoms with E-state index in [9.17, 15) is 4.79 Å². The van der Waals surface area contributed by atoms with E-state index in [0.29, 0.717) is 19.7 Å². The van der Waals surface area contributed by atoms with Gasteiger partial charge in [0.05, 0.1) is 6.54 Å². The fourth-order valence-corrected chi connectivity index (χ4v) is 3.04. The molecular formula is C18H19BrN2O2. The van der Waals surface area contributed by atoms with Crippen molar-refractivity contribution in [3.05, 3.63) is 64.1 Å². The van der Waals surface area contributed by atoms with Crippen LogP contribution in [-0.4, -0.2) is 30.6 Å². The van der Waals surface area contributed by atoms with E-state index < -0.39 is 0 Å². The van der Waals surface area contributed by atoms with Crippen LogP contribution in [-0.2, 0) is 13.0 Å². The molecule has 1 heterocycles. The first-order valence-corrected chi connectivity index (χ1v) is 8.49. The van der Waals surface area contributed by atoms with E-state index in [0.717, 1.165) is 23.2 Å². The molecule has 5 heteroatoms. The zero-order chi connectivity index (χ0) is 16.1. The summed E-state index contributed by atoms with van der Waals surface area (Å²) >= 11 is 3.40. The molecule has 0 unspecified atom stereocenters. The Morgan fingerprint density at radius 2 is 2.00 bits per heavy atom. The summed E-state index contributed by atoms with van der Waals surface area (Å²) in [7, 11) is 0. The zero-order valence-electron chi connectivity index (χ0n) is 12.8. The van der Waals surface area contributed by atoms with E-state index >= 15 is 0 Å². The molecule has 1 aliphatic heterocycles. The fraction of sp³-hybridized carbons (Fsp3) is 0.278. The SMILES string of the molecule is O=C(NCCOc1cccc(Br)c1)N1CCc2ccccc2C1. The lowest BCUT2D eigenvalue weighted by atomic mass is 10.0. The quantitative estimate of drug-likeness (QED) is 0.830. The maximum Gasteiger partial charge on any atom is 0.317 e. The third kappa shape index (κ3) is 4.26. The average molecular weight is 375 g/mol. The Morgan fingerprint density at radius 1 is 1.17 bits per heavy atom. The molecule has 1 aliphatic rings. The Balaban J connectivity index is 1.43. The number of benzene rings is 2. The Hall–Kier alpha value is -2.01. The van der Waals surface area contributed by atoms with Gasteiger partial charge >= 0.3 is 6.03 Å². The van der Waals surface area contributed by atoms with Gasteiger partial charge in [-0.2, -0.15) is 0 Å². The monoisotopic (exact) mass is 374 g/mol. The van der Waals surface area contributed by atoms with Gasteiger partial charge in [0.2, 0.25) is 0 Å². The molecule has 2 aromatic rings. The summed E-state index contributed by atoms with van der Waals surface area (Å²) in [6.07, 6.45) is 0.915. The fourth-order valence-electron chi connectivity index (χ4n) is 2.66. The Morgan fingerprint density at radius 3 is 2.83 bits per heavy atom. The van der Waals surface area contributed by atoms with Crippen LogP contribution >= 0.6 is 15.9 Å². The summed E-state index contributed by atoms with van der Waals surface area (Å²) in [5, 5.41) is 2.92. The largest absolute Gasteiger partial charge is 0.492 e. The van der Waals surface area contributed by atoms with Crippen molar-refractivity contribution >= 4 is 22.0 Å². The number of hydrogen-bond acceptors (Lipinski definition) is 2. The van der Waals surface area contributed by atoms with Crippen molar-refractivity contribution < 1.29 is 9.53 Å². The number of carbonyl (C=O) groups is 1. The lowest BCUT2D eigenvalue weighted by molar-refractivity contribution is 0.189. The third-order valence-corrected chi connectivity index (χ3v) is 4.35. The van der Waals surface area contributed by atoms with Gasteiger partial charge in [-0.25, -0.2) is 4.79 Å². The van der Waals surface area contributed by atoms with E-state index in [2.05, 4.69) is 33.4 Å². The summed E-state index contributed by atoms with van der Waals surface area (Å²) in [6.45, 7) is 2.37. The van der Waals surface area contributed by atoms with Crippen molar-refractivity contribution in [1.82, 2.24) is 10.2 Å². The third-order valence-electron chi connectivity index (χ3n) is 3.86. The topological polar surface area (TPSA) is 41.6 Å². The predicted octanol–water partition coefficient (Wildman–Crippen LogP) is 3.60. The van der Waals surface area contributed by atoms with Gasteiger partial charge in [-0.1, -0.05) is 46.3 Å². The normalized spacial score (nSPS) is 13.3. The molecule has 3 rings (SSSR count). The number of halogens is 1. The molecule has 120 valence electrons. The van der Waals surface area contributed by atoms with E-state index in [1.54, 1.807) is 0 Å². The molecule has 0 aromatic heterocycles. The molecule has 0 atom stereocenters. The highest BCUT2D eigenvalue weighted by Crippen LogP contribution is 2.19. The van der Waals surface area contributed by atoms with Crippen molar-refractivity contribution in [2.24, 2.45) is 0 Å². The van der Waals surface area contributed by atoms with Crippen LogP contribution in [0.15, 0.2) is 53.0 Å². The van der Waals surface area contributed by atoms with Crippen molar-refractivity contribution in [3.63, 3.8) is 0 Å². The second-order valence-electron chi connectivity index (χ2n) is 5.48. The summed E-state index contributed by atoms with van der Waals surface area (Å²) in [4.78, 5) is 14.1. The standard InChI is InChI=1S/C18H19BrN2O2/c19-16-6-3-7-17(12-16)23-11-9-20-18(22)21-10-8-14-4-1-2-5-15(14)13-21/h1-7,12H,8-11,13H2,(H,20,22). The summed E-state index contributed by atoms with van der Waals surface area (Å²) in [6, 6.07) is 15.9. The number of ether oxygens (including phenoxy) is 1. The smallest absolute Gasteiger partial charge is 0.317 e. The molecule has 4 nitrogen and oxygen atoms in total. The molecule has 0 aliphatic carbocycles. The Labute approximate surface area is 144 Å². The molecule has 0 spiro atoms. The average Bonchev–Trinajstić information content (AvgIpc) is 2.58. The summed E-state index contributed by atoms with van der Waals surface area (Å²) in [5.74, 6) is 0.792.